The molecular weight excluding hydrogens is 875 g/mol. The Kier molecular flexibility index (Phi) is 49.2. The van der Waals surface area contributed by atoms with Crippen molar-refractivity contribution in [3.8, 4) is 0 Å². The van der Waals surface area contributed by atoms with Gasteiger partial charge in [0.15, 0.2) is 6.29 Å². The lowest BCUT2D eigenvalue weighted by atomic mass is 9.99. The van der Waals surface area contributed by atoms with Crippen molar-refractivity contribution in [3.63, 3.8) is 0 Å². The number of hydrogen-bond acceptors (Lipinski definition) is 8. The first-order valence-corrected chi connectivity index (χ1v) is 30.9. The summed E-state index contributed by atoms with van der Waals surface area (Å²) < 4.78 is 11.3. The van der Waals surface area contributed by atoms with Crippen LogP contribution in [0.25, 0.3) is 0 Å². The van der Waals surface area contributed by atoms with Gasteiger partial charge in [-0.2, -0.15) is 0 Å². The zero-order valence-corrected chi connectivity index (χ0v) is 46.3. The van der Waals surface area contributed by atoms with Crippen LogP contribution in [-0.2, 0) is 14.3 Å². The van der Waals surface area contributed by atoms with Crippen LogP contribution in [-0.4, -0.2) is 87.5 Å². The quantitative estimate of drug-likeness (QED) is 0.0261. The van der Waals surface area contributed by atoms with Crippen LogP contribution in [0.2, 0.25) is 0 Å². The summed E-state index contributed by atoms with van der Waals surface area (Å²) in [5, 5.41) is 54.6. The summed E-state index contributed by atoms with van der Waals surface area (Å²) in [5.41, 5.74) is 0. The number of unbranched alkanes of at least 4 members (excludes halogenated alkanes) is 44. The van der Waals surface area contributed by atoms with Crippen LogP contribution in [0, 0.1) is 0 Å². The van der Waals surface area contributed by atoms with E-state index in [1.807, 2.05) is 6.08 Å². The molecule has 7 unspecified atom stereocenters. The monoisotopic (exact) mass is 994 g/mol. The molecule has 7 atom stereocenters. The molecule has 1 heterocycles. The number of aliphatic hydroxyl groups is 5. The molecule has 1 saturated heterocycles. The fourth-order valence-corrected chi connectivity index (χ4v) is 10.2. The molecule has 0 aromatic heterocycles. The van der Waals surface area contributed by atoms with Crippen LogP contribution in [0.1, 0.15) is 316 Å². The van der Waals surface area contributed by atoms with E-state index in [1.165, 1.54) is 257 Å². The van der Waals surface area contributed by atoms with E-state index in [4.69, 9.17) is 9.47 Å². The van der Waals surface area contributed by atoms with Gasteiger partial charge in [0.05, 0.1) is 25.4 Å². The second kappa shape index (κ2) is 51.4. The summed E-state index contributed by atoms with van der Waals surface area (Å²) in [4.78, 5) is 13.1. The molecule has 0 aromatic rings. The first kappa shape index (κ1) is 66.9. The van der Waals surface area contributed by atoms with E-state index in [0.717, 1.165) is 38.5 Å². The lowest BCUT2D eigenvalue weighted by molar-refractivity contribution is -0.302. The van der Waals surface area contributed by atoms with Crippen LogP contribution < -0.4 is 5.32 Å². The largest absolute Gasteiger partial charge is 0.394 e. The van der Waals surface area contributed by atoms with Crippen molar-refractivity contribution >= 4 is 5.91 Å². The predicted molar refractivity (Wildman–Crippen MR) is 295 cm³/mol. The summed E-state index contributed by atoms with van der Waals surface area (Å²) in [5.74, 6) is -0.169. The van der Waals surface area contributed by atoms with Gasteiger partial charge >= 0.3 is 0 Å². The van der Waals surface area contributed by atoms with Gasteiger partial charge in [-0.3, -0.25) is 4.79 Å². The zero-order valence-electron chi connectivity index (χ0n) is 46.3. The summed E-state index contributed by atoms with van der Waals surface area (Å²) in [6.45, 7) is 3.83. The smallest absolute Gasteiger partial charge is 0.220 e. The van der Waals surface area contributed by atoms with Crippen molar-refractivity contribution in [2.24, 2.45) is 0 Å². The van der Waals surface area contributed by atoms with Crippen molar-refractivity contribution in [1.29, 1.82) is 0 Å². The highest BCUT2D eigenvalue weighted by Gasteiger charge is 2.44. The fraction of sp³-hybridized carbons (Fsp3) is 0.951. The number of aliphatic hydroxyl groups excluding tert-OH is 5. The van der Waals surface area contributed by atoms with Crippen molar-refractivity contribution in [3.05, 3.63) is 12.2 Å². The second-order valence-corrected chi connectivity index (χ2v) is 21.9. The highest BCUT2D eigenvalue weighted by molar-refractivity contribution is 5.76. The van der Waals surface area contributed by atoms with E-state index in [1.54, 1.807) is 6.08 Å². The van der Waals surface area contributed by atoms with Gasteiger partial charge in [-0.05, 0) is 19.3 Å². The van der Waals surface area contributed by atoms with E-state index in [0.29, 0.717) is 6.42 Å². The Labute approximate surface area is 433 Å². The minimum atomic E-state index is -1.56. The van der Waals surface area contributed by atoms with Crippen LogP contribution in [0.4, 0.5) is 0 Å². The molecule has 0 aromatic carbocycles. The molecule has 1 aliphatic rings. The van der Waals surface area contributed by atoms with Crippen LogP contribution in [0.3, 0.4) is 0 Å². The average Bonchev–Trinajstić information content (AvgIpc) is 3.36. The number of nitrogens with one attached hydrogen (secondary N) is 1. The molecule has 9 nitrogen and oxygen atoms in total. The molecule has 1 rings (SSSR count). The minimum Gasteiger partial charge on any atom is -0.394 e. The SMILES string of the molecule is CCCCCCCCCCCCCCCCCCCCCCCCCCC/C=C/C(O)C(COC1OC(CO)C(O)C(O)C1O)NC(=O)CCCCCCCCCCCCCCCCCCCCCC. The first-order chi connectivity index (χ1) is 34.3. The molecule has 0 bridgehead atoms. The minimum absolute atomic E-state index is 0.169. The maximum absolute atomic E-state index is 13.1. The molecule has 9 heteroatoms. The van der Waals surface area contributed by atoms with Gasteiger partial charge in [-0.25, -0.2) is 0 Å². The van der Waals surface area contributed by atoms with Crippen molar-refractivity contribution in [2.75, 3.05) is 13.2 Å². The molecule has 0 spiro atoms. The normalized spacial score (nSPS) is 19.3. The Balaban J connectivity index is 2.18. The zero-order chi connectivity index (χ0) is 50.8. The standard InChI is InChI=1S/C61H119NO8/c1-3-5-7-9-11-13-15-17-19-21-23-25-26-27-28-29-30-31-32-34-36-38-40-42-44-46-48-50-55(64)54(53-69-61-60(68)59(67)58(66)56(52-63)70-61)62-57(65)51-49-47-45-43-41-39-37-35-33-24-22-20-18-16-14-12-10-8-6-4-2/h48,50,54-56,58-61,63-64,66-68H,3-47,49,51-53H2,1-2H3,(H,62,65)/b50-48+. The lowest BCUT2D eigenvalue weighted by Crippen LogP contribution is -2.60. The van der Waals surface area contributed by atoms with Gasteiger partial charge in [-0.1, -0.05) is 302 Å². The van der Waals surface area contributed by atoms with E-state index in [2.05, 4.69) is 19.2 Å². The molecule has 1 aliphatic heterocycles. The lowest BCUT2D eigenvalue weighted by Gasteiger charge is -2.40. The molecular formula is C61H119NO8. The fourth-order valence-electron chi connectivity index (χ4n) is 10.2. The van der Waals surface area contributed by atoms with Crippen molar-refractivity contribution < 1.29 is 39.8 Å². The van der Waals surface area contributed by atoms with Gasteiger partial charge < -0.3 is 40.3 Å². The Morgan fingerprint density at radius 2 is 0.786 bits per heavy atom. The summed E-state index contributed by atoms with van der Waals surface area (Å²) >= 11 is 0. The van der Waals surface area contributed by atoms with Gasteiger partial charge in [0.2, 0.25) is 5.91 Å². The maximum atomic E-state index is 13.1. The number of amides is 1. The van der Waals surface area contributed by atoms with Crippen molar-refractivity contribution in [1.82, 2.24) is 5.32 Å². The number of allylic oxidation sites excluding steroid dienone is 1. The van der Waals surface area contributed by atoms with Gasteiger partial charge in [0, 0.05) is 6.42 Å². The summed E-state index contributed by atoms with van der Waals surface area (Å²) in [6, 6.07) is -0.801. The number of carbonyl (C=O) groups is 1. The molecule has 0 aliphatic carbocycles. The number of hydrogen-bond donors (Lipinski definition) is 6. The third-order valence-corrected chi connectivity index (χ3v) is 15.1. The molecule has 0 saturated carbocycles. The number of ether oxygens (including phenoxy) is 2. The van der Waals surface area contributed by atoms with E-state index >= 15 is 0 Å². The molecule has 1 amide bonds. The van der Waals surface area contributed by atoms with Crippen LogP contribution in [0.5, 0.6) is 0 Å². The third-order valence-electron chi connectivity index (χ3n) is 15.1. The first-order valence-electron chi connectivity index (χ1n) is 30.9. The third kappa shape index (κ3) is 40.3. The van der Waals surface area contributed by atoms with E-state index < -0.39 is 49.5 Å². The Morgan fingerprint density at radius 1 is 0.471 bits per heavy atom. The Bertz CT molecular complexity index is 1110. The van der Waals surface area contributed by atoms with E-state index in [-0.39, 0.29) is 12.5 Å². The summed E-state index contributed by atoms with van der Waals surface area (Å²) in [6.07, 6.45) is 57.2. The average molecular weight is 995 g/mol. The maximum Gasteiger partial charge on any atom is 0.220 e. The topological polar surface area (TPSA) is 149 Å². The van der Waals surface area contributed by atoms with Crippen molar-refractivity contribution in [2.45, 2.75) is 358 Å². The van der Waals surface area contributed by atoms with E-state index in [9.17, 15) is 30.3 Å². The second-order valence-electron chi connectivity index (χ2n) is 21.9. The molecule has 70 heavy (non-hydrogen) atoms. The van der Waals surface area contributed by atoms with Crippen LogP contribution >= 0.6 is 0 Å². The summed E-state index contributed by atoms with van der Waals surface area (Å²) in [7, 11) is 0. The predicted octanol–water partition coefficient (Wildman–Crippen LogP) is 15.6. The molecule has 0 radical (unpaired) electrons. The van der Waals surface area contributed by atoms with Gasteiger partial charge in [0.25, 0.3) is 0 Å². The van der Waals surface area contributed by atoms with Gasteiger partial charge in [0.1, 0.15) is 24.4 Å². The Morgan fingerprint density at radius 3 is 1.11 bits per heavy atom. The highest BCUT2D eigenvalue weighted by atomic mass is 16.7. The number of rotatable bonds is 54. The molecule has 416 valence electrons. The Hall–Kier alpha value is -1.07. The number of carbonyl (C=O) groups excluding carboxylic acids is 1. The van der Waals surface area contributed by atoms with Crippen LogP contribution in [0.15, 0.2) is 12.2 Å². The van der Waals surface area contributed by atoms with Gasteiger partial charge in [-0.15, -0.1) is 0 Å². The highest BCUT2D eigenvalue weighted by Crippen LogP contribution is 2.23. The molecule has 1 fully saturated rings. The molecule has 6 N–H and O–H groups in total.